The predicted molar refractivity (Wildman–Crippen MR) is 178 cm³/mol. The molecule has 2 heterocycles. The van der Waals surface area contributed by atoms with E-state index in [1.165, 1.54) is 12.8 Å². The number of esters is 1. The van der Waals surface area contributed by atoms with Crippen molar-refractivity contribution in [1.82, 2.24) is 30.2 Å². The number of unbranched alkanes of at least 4 members (excludes halogenated alkanes) is 8. The van der Waals surface area contributed by atoms with Gasteiger partial charge in [-0.1, -0.05) is 71.6 Å². The van der Waals surface area contributed by atoms with E-state index < -0.39 is 17.9 Å². The number of hydrogen-bond donors (Lipinski definition) is 4. The van der Waals surface area contributed by atoms with Crippen molar-refractivity contribution in [3.05, 3.63) is 6.23 Å². The number of Topliss-reactive ketones (excluding diaryl/α,β-unsaturated/α-hetero) is 1. The number of ketones is 1. The van der Waals surface area contributed by atoms with Gasteiger partial charge >= 0.3 is 11.9 Å². The molecule has 2 rings (SSSR count). The Hall–Kier alpha value is -1.82. The first-order valence-corrected chi connectivity index (χ1v) is 17.4. The third kappa shape index (κ3) is 21.2. The summed E-state index contributed by atoms with van der Waals surface area (Å²) in [7, 11) is 0. The molecule has 0 aromatic heterocycles. The molecule has 0 saturated carbocycles. The average molecular weight is 839 g/mol. The number of amides is 2. The van der Waals surface area contributed by atoms with E-state index in [1.54, 1.807) is 14.7 Å². The van der Waals surface area contributed by atoms with Gasteiger partial charge in [-0.25, -0.2) is 0 Å². The van der Waals surface area contributed by atoms with Crippen molar-refractivity contribution in [2.75, 3.05) is 85.1 Å². The molecule has 2 aliphatic rings. The molecule has 2 amide bonds. The van der Waals surface area contributed by atoms with Gasteiger partial charge in [0.05, 0.1) is 32.7 Å². The second kappa shape index (κ2) is 26.0. The first kappa shape index (κ1) is 45.2. The maximum absolute atomic E-state index is 12.8. The van der Waals surface area contributed by atoms with Crippen molar-refractivity contribution in [3.63, 3.8) is 0 Å². The summed E-state index contributed by atoms with van der Waals surface area (Å²) in [6, 6.07) is 0. The van der Waals surface area contributed by atoms with Crippen LogP contribution in [0, 0.1) is 52.1 Å². The van der Waals surface area contributed by atoms with E-state index in [-0.39, 0.29) is 110 Å². The summed E-state index contributed by atoms with van der Waals surface area (Å²) in [6.45, 7) is 5.73. The van der Waals surface area contributed by atoms with Crippen LogP contribution < -0.4 is 10.6 Å². The van der Waals surface area contributed by atoms with Crippen LogP contribution in [0.15, 0.2) is 0 Å². The Bertz CT molecular complexity index is 1050. The Morgan fingerprint density at radius 1 is 0.714 bits per heavy atom. The van der Waals surface area contributed by atoms with Gasteiger partial charge in [0.15, 0.2) is 0 Å². The largest absolute Gasteiger partial charge is 0.617 e. The number of carbonyl (C=O) groups is 6. The molecular formula is C33H57GdN6O9-. The van der Waals surface area contributed by atoms with Crippen molar-refractivity contribution >= 4 is 35.5 Å². The number of carboxylic acids is 2. The van der Waals surface area contributed by atoms with Gasteiger partial charge in [-0.2, -0.15) is 0 Å². The number of carbonyl (C=O) groups excluding carboxylic acids is 4. The standard InChI is InChI=1S/C33H57N6O9.Gd/c1-26(2)27(40)12-10-8-6-4-3-5-7-9-11-13-34-28(41)20-35-29(42)21-36-14-15-37(23-31(43)44)16-17-38(24-32(45)46)22-30-39(19-18-36)25-33(47)48-30;/h26H,3-25H2,1-2H3,(H,34,41)(H,35,42)(H,43,44)(H,45,46);/q-1;. The Labute approximate surface area is 322 Å². The van der Waals surface area contributed by atoms with Crippen LogP contribution in [0.2, 0.25) is 0 Å². The number of nitrogens with zero attached hydrogens (tertiary/aromatic N) is 4. The Balaban J connectivity index is 0.0000120. The quantitative estimate of drug-likeness (QED) is 0.0723. The molecule has 0 aromatic rings. The van der Waals surface area contributed by atoms with Crippen LogP contribution in [-0.2, 0) is 33.5 Å². The number of hydrogen-bond acceptors (Lipinski definition) is 11. The van der Waals surface area contributed by atoms with E-state index in [0.717, 1.165) is 44.9 Å². The van der Waals surface area contributed by atoms with Crippen molar-refractivity contribution in [3.8, 4) is 0 Å². The van der Waals surface area contributed by atoms with Gasteiger partial charge in [0, 0.05) is 91.5 Å². The molecule has 2 aliphatic heterocycles. The van der Waals surface area contributed by atoms with E-state index in [1.807, 2.05) is 18.7 Å². The van der Waals surface area contributed by atoms with E-state index in [2.05, 4.69) is 10.6 Å². The Morgan fingerprint density at radius 2 is 1.22 bits per heavy atom. The van der Waals surface area contributed by atoms with Gasteiger partial charge in [0.1, 0.15) is 5.78 Å². The van der Waals surface area contributed by atoms with Gasteiger partial charge < -0.3 is 35.4 Å². The van der Waals surface area contributed by atoms with Crippen molar-refractivity contribution in [2.24, 2.45) is 5.92 Å². The van der Waals surface area contributed by atoms with Gasteiger partial charge in [-0.05, 0) is 19.4 Å². The summed E-state index contributed by atoms with van der Waals surface area (Å²) >= 11 is 0. The zero-order valence-electron chi connectivity index (χ0n) is 29.2. The van der Waals surface area contributed by atoms with E-state index >= 15 is 0 Å². The second-order valence-electron chi connectivity index (χ2n) is 13.0. The zero-order chi connectivity index (χ0) is 35.3. The maximum atomic E-state index is 12.8. The van der Waals surface area contributed by atoms with Crippen molar-refractivity contribution in [1.29, 1.82) is 0 Å². The number of carboxylic acid groups (broad SMARTS) is 2. The van der Waals surface area contributed by atoms with Gasteiger partial charge in [0.25, 0.3) is 5.97 Å². The molecule has 4 N–H and O–H groups in total. The summed E-state index contributed by atoms with van der Waals surface area (Å²) in [5.41, 5.74) is 0. The van der Waals surface area contributed by atoms with Crippen LogP contribution in [0.4, 0.5) is 0 Å². The van der Waals surface area contributed by atoms with Gasteiger partial charge in [0.2, 0.25) is 11.8 Å². The molecule has 282 valence electrons. The molecule has 0 radical (unpaired) electrons. The monoisotopic (exact) mass is 839 g/mol. The minimum Gasteiger partial charge on any atom is -0.617 e. The molecule has 16 heteroatoms. The number of nitrogens with one attached hydrogen (secondary N) is 2. The van der Waals surface area contributed by atoms with Crippen LogP contribution >= 0.6 is 0 Å². The number of aliphatic carboxylic acids is 2. The Kier molecular flexibility index (Phi) is 24.0. The summed E-state index contributed by atoms with van der Waals surface area (Å²) in [4.78, 5) is 78.5. The number of ether oxygens (including phenoxy) is 1. The van der Waals surface area contributed by atoms with Crippen LogP contribution in [0.3, 0.4) is 0 Å². The molecule has 0 unspecified atom stereocenters. The molecular weight excluding hydrogens is 782 g/mol. The minimum atomic E-state index is -1.05. The molecule has 0 aromatic carbocycles. The second-order valence-corrected chi connectivity index (χ2v) is 13.0. The molecule has 2 saturated heterocycles. The van der Waals surface area contributed by atoms with E-state index in [9.17, 15) is 39.0 Å². The zero-order valence-corrected chi connectivity index (χ0v) is 31.5. The summed E-state index contributed by atoms with van der Waals surface area (Å²) in [5.74, 6) is -2.65. The SMILES string of the molecule is CC(C)C(=O)CCCCCCCCCCCNC(=O)CNC(=O)CN1CCN(CC(=O)O)CCN(CC(=O)O)C[C-]2OC(=O)CN2CC1.[Gd]. The third-order valence-corrected chi connectivity index (χ3v) is 8.51. The summed E-state index contributed by atoms with van der Waals surface area (Å²) in [5, 5.41) is 24.2. The summed E-state index contributed by atoms with van der Waals surface area (Å²) in [6.07, 6.45) is 10.8. The number of rotatable bonds is 21. The predicted octanol–water partition coefficient (Wildman–Crippen LogP) is 0.782. The molecule has 2 fully saturated rings. The van der Waals surface area contributed by atoms with Crippen LogP contribution in [-0.4, -0.2) is 150 Å². The van der Waals surface area contributed by atoms with Crippen LogP contribution in [0.1, 0.15) is 78.1 Å². The van der Waals surface area contributed by atoms with E-state index in [0.29, 0.717) is 51.2 Å². The first-order valence-electron chi connectivity index (χ1n) is 17.4. The molecule has 0 atom stereocenters. The fraction of sp³-hybridized carbons (Fsp3) is 0.788. The average Bonchev–Trinajstić information content (AvgIpc) is 3.37. The van der Waals surface area contributed by atoms with Crippen molar-refractivity contribution in [2.45, 2.75) is 78.1 Å². The van der Waals surface area contributed by atoms with Crippen molar-refractivity contribution < 1.29 is 83.7 Å². The van der Waals surface area contributed by atoms with E-state index in [4.69, 9.17) is 4.74 Å². The third-order valence-electron chi connectivity index (χ3n) is 8.51. The van der Waals surface area contributed by atoms with Crippen LogP contribution in [0.25, 0.3) is 0 Å². The van der Waals surface area contributed by atoms with Gasteiger partial charge in [-0.15, -0.1) is 0 Å². The molecule has 15 nitrogen and oxygen atoms in total. The molecule has 49 heavy (non-hydrogen) atoms. The molecule has 0 spiro atoms. The number of fused-ring (bicyclic) bond motifs is 1. The first-order chi connectivity index (χ1) is 22.9. The fourth-order valence-corrected chi connectivity index (χ4v) is 5.64. The topological polar surface area (TPSA) is 189 Å². The van der Waals surface area contributed by atoms with Crippen LogP contribution in [0.5, 0.6) is 0 Å². The fourth-order valence-electron chi connectivity index (χ4n) is 5.64. The maximum Gasteiger partial charge on any atom is 0.317 e. The minimum absolute atomic E-state index is 0. The molecule has 0 aliphatic carbocycles. The Morgan fingerprint density at radius 3 is 1.82 bits per heavy atom. The smallest absolute Gasteiger partial charge is 0.317 e. The summed E-state index contributed by atoms with van der Waals surface area (Å²) < 4.78 is 5.36. The normalized spacial score (nSPS) is 17.3. The van der Waals surface area contributed by atoms with Gasteiger partial charge in [-0.3, -0.25) is 38.6 Å². The molecule has 0 bridgehead atoms.